The van der Waals surface area contributed by atoms with Gasteiger partial charge in [-0.05, 0) is 49.9 Å². The summed E-state index contributed by atoms with van der Waals surface area (Å²) < 4.78 is 0. The second-order valence-corrected chi connectivity index (χ2v) is 7.60. The monoisotopic (exact) mass is 481 g/mol. The summed E-state index contributed by atoms with van der Waals surface area (Å²) in [5.41, 5.74) is 11.9. The standard InChI is InChI=1S/C21H31N5O8/c22-8-2-1-3-15(21(33)34)26-20(32)16(10-18(29)30)25-17(28)11-24-19(31)14(23)9-12-4-6-13(27)7-5-12/h4-7,14-16,27H,1-3,8-11,22-23H2,(H,24,31)(H,25,28)(H,26,32)(H,29,30)(H,33,34). The van der Waals surface area contributed by atoms with E-state index in [2.05, 4.69) is 16.0 Å². The van der Waals surface area contributed by atoms with Crippen LogP contribution in [0.5, 0.6) is 5.75 Å². The summed E-state index contributed by atoms with van der Waals surface area (Å²) >= 11 is 0. The zero-order valence-corrected chi connectivity index (χ0v) is 18.5. The van der Waals surface area contributed by atoms with Crippen LogP contribution in [0, 0.1) is 0 Å². The van der Waals surface area contributed by atoms with E-state index in [0.29, 0.717) is 24.9 Å². The molecule has 0 spiro atoms. The number of carboxylic acids is 2. The number of phenols is 1. The third-order valence-corrected chi connectivity index (χ3v) is 4.74. The van der Waals surface area contributed by atoms with Gasteiger partial charge in [0.15, 0.2) is 0 Å². The van der Waals surface area contributed by atoms with Crippen LogP contribution in [0.3, 0.4) is 0 Å². The van der Waals surface area contributed by atoms with Crippen LogP contribution in [0.1, 0.15) is 31.2 Å². The Morgan fingerprint density at radius 1 is 0.912 bits per heavy atom. The lowest BCUT2D eigenvalue weighted by Crippen LogP contribution is -2.54. The predicted octanol–water partition coefficient (Wildman–Crippen LogP) is -1.96. The molecular formula is C21H31N5O8. The summed E-state index contributed by atoms with van der Waals surface area (Å²) in [6.45, 7) is -0.229. The Balaban J connectivity index is 2.63. The first-order valence-electron chi connectivity index (χ1n) is 10.6. The molecule has 1 aromatic carbocycles. The van der Waals surface area contributed by atoms with Gasteiger partial charge in [-0.2, -0.15) is 0 Å². The van der Waals surface area contributed by atoms with E-state index in [-0.39, 0.29) is 18.6 Å². The maximum Gasteiger partial charge on any atom is 0.326 e. The number of unbranched alkanes of at least 4 members (excludes halogenated alkanes) is 1. The topological polar surface area (TPSA) is 234 Å². The number of hydrogen-bond donors (Lipinski definition) is 8. The quantitative estimate of drug-likeness (QED) is 0.129. The zero-order chi connectivity index (χ0) is 25.7. The number of rotatable bonds is 15. The Hall–Kier alpha value is -3.71. The SMILES string of the molecule is NCCCCC(NC(=O)C(CC(=O)O)NC(=O)CNC(=O)C(N)Cc1ccc(O)cc1)C(=O)O. The van der Waals surface area contributed by atoms with Crippen molar-refractivity contribution in [1.29, 1.82) is 0 Å². The molecule has 0 aliphatic rings. The van der Waals surface area contributed by atoms with Gasteiger partial charge in [0.1, 0.15) is 17.8 Å². The summed E-state index contributed by atoms with van der Waals surface area (Å²) in [5, 5.41) is 34.3. The highest BCUT2D eigenvalue weighted by molar-refractivity contribution is 5.94. The molecule has 0 saturated heterocycles. The minimum absolute atomic E-state index is 0.0589. The summed E-state index contributed by atoms with van der Waals surface area (Å²) in [5.74, 6) is -5.14. The number of amides is 3. The molecule has 0 bridgehead atoms. The first-order chi connectivity index (χ1) is 16.0. The number of carboxylic acid groups (broad SMARTS) is 2. The molecule has 1 rings (SSSR count). The second kappa shape index (κ2) is 14.4. The van der Waals surface area contributed by atoms with Crippen LogP contribution in [-0.4, -0.2) is 76.2 Å². The lowest BCUT2D eigenvalue weighted by atomic mass is 10.1. The van der Waals surface area contributed by atoms with Crippen molar-refractivity contribution in [3.8, 4) is 5.75 Å². The number of aromatic hydroxyl groups is 1. The van der Waals surface area contributed by atoms with Gasteiger partial charge in [-0.3, -0.25) is 19.2 Å². The zero-order valence-electron chi connectivity index (χ0n) is 18.5. The fraction of sp³-hybridized carbons (Fsp3) is 0.476. The maximum atomic E-state index is 12.4. The Labute approximate surface area is 195 Å². The van der Waals surface area contributed by atoms with Crippen molar-refractivity contribution in [3.63, 3.8) is 0 Å². The van der Waals surface area contributed by atoms with Crippen LogP contribution in [0.2, 0.25) is 0 Å². The Morgan fingerprint density at radius 2 is 1.56 bits per heavy atom. The van der Waals surface area contributed by atoms with Crippen LogP contribution < -0.4 is 27.4 Å². The van der Waals surface area contributed by atoms with Crippen molar-refractivity contribution in [2.75, 3.05) is 13.1 Å². The molecule has 0 aromatic heterocycles. The van der Waals surface area contributed by atoms with Crippen molar-refractivity contribution >= 4 is 29.7 Å². The maximum absolute atomic E-state index is 12.4. The second-order valence-electron chi connectivity index (χ2n) is 7.60. The fourth-order valence-corrected chi connectivity index (χ4v) is 2.93. The van der Waals surface area contributed by atoms with E-state index in [4.69, 9.17) is 16.6 Å². The van der Waals surface area contributed by atoms with E-state index < -0.39 is 60.8 Å². The largest absolute Gasteiger partial charge is 0.508 e. The smallest absolute Gasteiger partial charge is 0.326 e. The highest BCUT2D eigenvalue weighted by Crippen LogP contribution is 2.10. The molecule has 0 saturated carbocycles. The highest BCUT2D eigenvalue weighted by Gasteiger charge is 2.28. The van der Waals surface area contributed by atoms with Crippen molar-refractivity contribution in [2.24, 2.45) is 11.5 Å². The molecule has 0 aliphatic heterocycles. The molecule has 3 atom stereocenters. The number of hydrogen-bond acceptors (Lipinski definition) is 8. The van der Waals surface area contributed by atoms with E-state index in [0.717, 1.165) is 0 Å². The highest BCUT2D eigenvalue weighted by atomic mass is 16.4. The summed E-state index contributed by atoms with van der Waals surface area (Å²) in [6.07, 6.45) is 0.407. The Kier molecular flexibility index (Phi) is 12.0. The molecule has 3 unspecified atom stereocenters. The van der Waals surface area contributed by atoms with Crippen LogP contribution in [0.25, 0.3) is 0 Å². The van der Waals surface area contributed by atoms with Crippen molar-refractivity contribution in [2.45, 2.75) is 50.2 Å². The van der Waals surface area contributed by atoms with Gasteiger partial charge in [0.25, 0.3) is 0 Å². The third kappa shape index (κ3) is 10.7. The molecule has 34 heavy (non-hydrogen) atoms. The van der Waals surface area contributed by atoms with Gasteiger partial charge in [0.2, 0.25) is 17.7 Å². The lowest BCUT2D eigenvalue weighted by Gasteiger charge is -2.21. The number of aliphatic carboxylic acids is 2. The van der Waals surface area contributed by atoms with Gasteiger partial charge < -0.3 is 42.7 Å². The summed E-state index contributed by atoms with van der Waals surface area (Å²) in [4.78, 5) is 59.3. The molecule has 13 heteroatoms. The number of nitrogens with two attached hydrogens (primary N) is 2. The summed E-state index contributed by atoms with van der Waals surface area (Å²) in [6, 6.07) is 2.23. The molecule has 0 heterocycles. The first kappa shape index (κ1) is 28.3. The van der Waals surface area contributed by atoms with Gasteiger partial charge in [-0.1, -0.05) is 12.1 Å². The molecule has 1 aromatic rings. The number of benzene rings is 1. The molecule has 0 fully saturated rings. The van der Waals surface area contributed by atoms with Crippen molar-refractivity contribution < 1.29 is 39.3 Å². The average molecular weight is 482 g/mol. The van der Waals surface area contributed by atoms with Crippen LogP contribution in [0.4, 0.5) is 0 Å². The molecular weight excluding hydrogens is 450 g/mol. The average Bonchev–Trinajstić information content (AvgIpc) is 2.77. The van der Waals surface area contributed by atoms with Crippen molar-refractivity contribution in [3.05, 3.63) is 29.8 Å². The van der Waals surface area contributed by atoms with Gasteiger partial charge in [0, 0.05) is 0 Å². The molecule has 10 N–H and O–H groups in total. The van der Waals surface area contributed by atoms with Gasteiger partial charge in [-0.15, -0.1) is 0 Å². The number of phenolic OH excluding ortho intramolecular Hbond substituents is 1. The van der Waals surface area contributed by atoms with E-state index in [1.54, 1.807) is 12.1 Å². The normalized spacial score (nSPS) is 13.2. The number of nitrogens with one attached hydrogen (secondary N) is 3. The van der Waals surface area contributed by atoms with E-state index in [9.17, 15) is 34.2 Å². The third-order valence-electron chi connectivity index (χ3n) is 4.74. The summed E-state index contributed by atoms with van der Waals surface area (Å²) in [7, 11) is 0. The number of carbonyl (C=O) groups excluding carboxylic acids is 3. The van der Waals surface area contributed by atoms with E-state index in [1.165, 1.54) is 12.1 Å². The molecule has 0 radical (unpaired) electrons. The van der Waals surface area contributed by atoms with Crippen LogP contribution in [-0.2, 0) is 30.4 Å². The van der Waals surface area contributed by atoms with Crippen LogP contribution in [0.15, 0.2) is 24.3 Å². The molecule has 0 aliphatic carbocycles. The van der Waals surface area contributed by atoms with E-state index in [1.807, 2.05) is 0 Å². The number of carbonyl (C=O) groups is 5. The minimum atomic E-state index is -1.55. The van der Waals surface area contributed by atoms with E-state index >= 15 is 0 Å². The molecule has 188 valence electrons. The van der Waals surface area contributed by atoms with Gasteiger partial charge >= 0.3 is 11.9 Å². The first-order valence-corrected chi connectivity index (χ1v) is 10.6. The Morgan fingerprint density at radius 3 is 2.12 bits per heavy atom. The minimum Gasteiger partial charge on any atom is -0.508 e. The van der Waals surface area contributed by atoms with Crippen molar-refractivity contribution in [1.82, 2.24) is 16.0 Å². The van der Waals surface area contributed by atoms with Gasteiger partial charge in [-0.25, -0.2) is 4.79 Å². The molecule has 13 nitrogen and oxygen atoms in total. The van der Waals surface area contributed by atoms with Gasteiger partial charge in [0.05, 0.1) is 19.0 Å². The predicted molar refractivity (Wildman–Crippen MR) is 119 cm³/mol. The molecule has 3 amide bonds. The Bertz CT molecular complexity index is 861. The fourth-order valence-electron chi connectivity index (χ4n) is 2.93. The van der Waals surface area contributed by atoms with Crippen LogP contribution >= 0.6 is 0 Å². The lowest BCUT2D eigenvalue weighted by molar-refractivity contribution is -0.143.